The van der Waals surface area contributed by atoms with Crippen molar-refractivity contribution in [3.8, 4) is 0 Å². The van der Waals surface area contributed by atoms with Gasteiger partial charge in [0.15, 0.2) is 0 Å². The van der Waals surface area contributed by atoms with Crippen LogP contribution in [0.25, 0.3) is 32.2 Å². The molecule has 1 aliphatic rings. The Balaban J connectivity index is 1.35. The Kier molecular flexibility index (Phi) is 10.1. The van der Waals surface area contributed by atoms with Gasteiger partial charge in [-0.1, -0.05) is 41.0 Å². The molecule has 4 aromatic rings. The first-order valence-electron chi connectivity index (χ1n) is 14.9. The van der Waals surface area contributed by atoms with E-state index in [9.17, 15) is 19.2 Å². The molecule has 46 heavy (non-hydrogen) atoms. The molecule has 1 saturated heterocycles. The lowest BCUT2D eigenvalue weighted by Crippen LogP contribution is -2.60. The van der Waals surface area contributed by atoms with Crippen LogP contribution in [-0.4, -0.2) is 75.8 Å². The number of aromatic amines is 2. The first-order chi connectivity index (χ1) is 22.2. The second-order valence-electron chi connectivity index (χ2n) is 11.4. The number of piperidine rings is 1. The lowest BCUT2D eigenvalue weighted by Gasteiger charge is -2.37. The van der Waals surface area contributed by atoms with Crippen molar-refractivity contribution in [2.24, 2.45) is 16.6 Å². The number of carbonyl (C=O) groups excluding carboxylic acids is 4. The number of aromatic nitrogens is 2. The average molecular weight is 647 g/mol. The van der Waals surface area contributed by atoms with Crippen molar-refractivity contribution in [2.75, 3.05) is 13.1 Å². The Hall–Kier alpha value is -5.04. The van der Waals surface area contributed by atoms with Gasteiger partial charge in [-0.05, 0) is 60.5 Å². The molecule has 0 aliphatic carbocycles. The quantitative estimate of drug-likeness (QED) is 0.0772. The van der Waals surface area contributed by atoms with Gasteiger partial charge in [-0.25, -0.2) is 0 Å². The summed E-state index contributed by atoms with van der Waals surface area (Å²) in [6.07, 6.45) is 5.65. The molecule has 0 saturated carbocycles. The Labute approximate surface area is 268 Å². The number of hydrogen-bond acceptors (Lipinski definition) is 6. The minimum absolute atomic E-state index is 0.0688. The van der Waals surface area contributed by atoms with Crippen molar-refractivity contribution in [1.82, 2.24) is 25.5 Å². The Morgan fingerprint density at radius 2 is 1.72 bits per heavy atom. The summed E-state index contributed by atoms with van der Waals surface area (Å²) in [5.41, 5.74) is 23.8. The number of amides is 4. The van der Waals surface area contributed by atoms with Gasteiger partial charge in [-0.3, -0.25) is 19.2 Å². The maximum atomic E-state index is 13.8. The van der Waals surface area contributed by atoms with Crippen LogP contribution < -0.4 is 22.1 Å². The summed E-state index contributed by atoms with van der Waals surface area (Å²) in [6, 6.07) is 8.73. The number of primary amides is 1. The van der Waals surface area contributed by atoms with Gasteiger partial charge in [0.25, 0.3) is 0 Å². The normalized spacial score (nSPS) is 16.7. The summed E-state index contributed by atoms with van der Waals surface area (Å²) in [6.45, 7) is -0.0546. The molecule has 2 aromatic heterocycles. The molecule has 8 N–H and O–H groups in total. The maximum Gasteiger partial charge on any atom is 0.243 e. The SMILES string of the molecule is [N-]=[N+]=NC[C@H](NC(=O)[C@H](Cc1c[nH]c2ccccc12)NC(=O)[C@@H]1CCCCN1C(=O)[C@@H](N)Cc1c[nH]c2cc(Cl)ccc12)C(N)=O. The van der Waals surface area contributed by atoms with Crippen LogP contribution in [0.1, 0.15) is 30.4 Å². The number of para-hydroxylation sites is 1. The number of likely N-dealkylation sites (tertiary alicyclic amines) is 1. The standard InChI is InChI=1S/C31H35ClN10O4/c32-19-8-9-21-17(14-37-24(21)13-19)11-22(33)31(46)42-10-4-3-7-27(42)30(45)39-25(29(44)40-26(28(34)43)16-38-41-35)12-18-15-36-23-6-2-1-5-20(18)23/h1-2,5-6,8-9,13-15,22,25-27,36-37H,3-4,7,10-12,16,33H2,(H2,34,43)(H,39,45)(H,40,44)/t22-,25-,26-,27-/m0/s1. The van der Waals surface area contributed by atoms with Crippen LogP contribution in [-0.2, 0) is 32.0 Å². The number of halogens is 1. The fourth-order valence-corrected chi connectivity index (χ4v) is 6.10. The van der Waals surface area contributed by atoms with Gasteiger partial charge in [0.05, 0.1) is 12.6 Å². The minimum Gasteiger partial charge on any atom is -0.368 e. The fraction of sp³-hybridized carbons (Fsp3) is 0.355. The molecule has 0 unspecified atom stereocenters. The highest BCUT2D eigenvalue weighted by Crippen LogP contribution is 2.25. The number of rotatable bonds is 12. The molecule has 1 fully saturated rings. The van der Waals surface area contributed by atoms with E-state index in [1.165, 1.54) is 4.90 Å². The average Bonchev–Trinajstić information content (AvgIpc) is 3.65. The van der Waals surface area contributed by atoms with Crippen LogP contribution in [0.2, 0.25) is 5.02 Å². The minimum atomic E-state index is -1.28. The van der Waals surface area contributed by atoms with Crippen LogP contribution in [0.15, 0.2) is 60.0 Å². The van der Waals surface area contributed by atoms with E-state index in [2.05, 4.69) is 30.6 Å². The van der Waals surface area contributed by atoms with Crippen molar-refractivity contribution in [2.45, 2.75) is 56.3 Å². The zero-order chi connectivity index (χ0) is 32.8. The largest absolute Gasteiger partial charge is 0.368 e. The van der Waals surface area contributed by atoms with Crippen molar-refractivity contribution >= 4 is 57.0 Å². The Bertz CT molecular complexity index is 1810. The monoisotopic (exact) mass is 646 g/mol. The summed E-state index contributed by atoms with van der Waals surface area (Å²) in [5.74, 6) is -2.48. The molecule has 1 aliphatic heterocycles. The number of azide groups is 1. The molecule has 4 amide bonds. The highest BCUT2D eigenvalue weighted by molar-refractivity contribution is 6.31. The lowest BCUT2D eigenvalue weighted by molar-refractivity contribution is -0.144. The number of H-pyrrole nitrogens is 2. The van der Waals surface area contributed by atoms with Gasteiger partial charge in [-0.2, -0.15) is 0 Å². The predicted octanol–water partition coefficient (Wildman–Crippen LogP) is 2.56. The van der Waals surface area contributed by atoms with Crippen molar-refractivity contribution in [3.63, 3.8) is 0 Å². The zero-order valence-corrected chi connectivity index (χ0v) is 25.7. The van der Waals surface area contributed by atoms with E-state index in [0.717, 1.165) is 32.9 Å². The molecule has 3 heterocycles. The van der Waals surface area contributed by atoms with Crippen LogP contribution in [0.4, 0.5) is 0 Å². The molecular weight excluding hydrogens is 612 g/mol. The van der Waals surface area contributed by atoms with Gasteiger partial charge < -0.3 is 37.0 Å². The summed E-state index contributed by atoms with van der Waals surface area (Å²) in [7, 11) is 0. The molecule has 0 radical (unpaired) electrons. The number of benzene rings is 2. The summed E-state index contributed by atoms with van der Waals surface area (Å²) in [4.78, 5) is 63.5. The summed E-state index contributed by atoms with van der Waals surface area (Å²) in [5, 5.41) is 11.0. The van der Waals surface area contributed by atoms with E-state index in [1.54, 1.807) is 24.5 Å². The van der Waals surface area contributed by atoms with Crippen LogP contribution >= 0.6 is 11.6 Å². The van der Waals surface area contributed by atoms with Gasteiger partial charge in [0.2, 0.25) is 23.6 Å². The third-order valence-corrected chi connectivity index (χ3v) is 8.53. The molecule has 240 valence electrons. The van der Waals surface area contributed by atoms with Crippen LogP contribution in [0, 0.1) is 0 Å². The number of fused-ring (bicyclic) bond motifs is 2. The van der Waals surface area contributed by atoms with E-state index < -0.39 is 48.4 Å². The highest BCUT2D eigenvalue weighted by atomic mass is 35.5. The lowest BCUT2D eigenvalue weighted by atomic mass is 9.97. The second kappa shape index (κ2) is 14.4. The first-order valence-corrected chi connectivity index (χ1v) is 15.3. The summed E-state index contributed by atoms with van der Waals surface area (Å²) < 4.78 is 0. The van der Waals surface area contributed by atoms with Gasteiger partial charge in [0.1, 0.15) is 18.1 Å². The molecule has 0 bridgehead atoms. The zero-order valence-electron chi connectivity index (χ0n) is 24.9. The number of nitrogens with two attached hydrogens (primary N) is 2. The second-order valence-corrected chi connectivity index (χ2v) is 11.8. The van der Waals surface area contributed by atoms with Gasteiger partial charge >= 0.3 is 0 Å². The molecule has 5 rings (SSSR count). The topological polar surface area (TPSA) is 228 Å². The Morgan fingerprint density at radius 1 is 1.00 bits per heavy atom. The summed E-state index contributed by atoms with van der Waals surface area (Å²) >= 11 is 6.10. The predicted molar refractivity (Wildman–Crippen MR) is 173 cm³/mol. The molecular formula is C31H35ClN10O4. The van der Waals surface area contributed by atoms with Crippen LogP contribution in [0.3, 0.4) is 0 Å². The van der Waals surface area contributed by atoms with E-state index in [4.69, 9.17) is 28.6 Å². The molecule has 2 aromatic carbocycles. The third-order valence-electron chi connectivity index (χ3n) is 8.29. The van der Waals surface area contributed by atoms with E-state index in [1.807, 2.05) is 30.3 Å². The molecule has 14 nitrogen and oxygen atoms in total. The fourth-order valence-electron chi connectivity index (χ4n) is 5.93. The van der Waals surface area contributed by atoms with Crippen molar-refractivity contribution in [3.05, 3.63) is 81.5 Å². The van der Waals surface area contributed by atoms with E-state index in [-0.39, 0.29) is 18.7 Å². The first kappa shape index (κ1) is 32.4. The maximum absolute atomic E-state index is 13.8. The van der Waals surface area contributed by atoms with Crippen LogP contribution in [0.5, 0.6) is 0 Å². The number of nitrogens with one attached hydrogen (secondary N) is 4. The van der Waals surface area contributed by atoms with E-state index in [0.29, 0.717) is 30.8 Å². The van der Waals surface area contributed by atoms with Gasteiger partial charge in [-0.15, -0.1) is 0 Å². The molecule has 15 heteroatoms. The number of hydrogen-bond donors (Lipinski definition) is 6. The van der Waals surface area contributed by atoms with E-state index >= 15 is 0 Å². The Morgan fingerprint density at radius 3 is 2.48 bits per heavy atom. The number of carbonyl (C=O) groups is 4. The third kappa shape index (κ3) is 7.26. The molecule has 0 spiro atoms. The van der Waals surface area contributed by atoms with Crippen molar-refractivity contribution < 1.29 is 19.2 Å². The smallest absolute Gasteiger partial charge is 0.243 e. The highest BCUT2D eigenvalue weighted by Gasteiger charge is 2.37. The number of nitrogens with zero attached hydrogens (tertiary/aromatic N) is 4. The van der Waals surface area contributed by atoms with Crippen molar-refractivity contribution in [1.29, 1.82) is 0 Å². The molecule has 4 atom stereocenters. The van der Waals surface area contributed by atoms with Gasteiger partial charge in [0, 0.05) is 57.1 Å².